The van der Waals surface area contributed by atoms with Gasteiger partial charge < -0.3 is 10.3 Å². The molecule has 1 aromatic heterocycles. The Labute approximate surface area is 128 Å². The van der Waals surface area contributed by atoms with Crippen LogP contribution in [0.4, 0.5) is 0 Å². The van der Waals surface area contributed by atoms with Crippen molar-refractivity contribution in [2.45, 2.75) is 25.6 Å². The minimum Gasteiger partial charge on any atom is -0.368 e. The molecule has 110 valence electrons. The Balaban J connectivity index is 1.89. The summed E-state index contributed by atoms with van der Waals surface area (Å²) in [4.78, 5) is 18.1. The van der Waals surface area contributed by atoms with Crippen molar-refractivity contribution in [2.75, 3.05) is 0 Å². The fraction of sp³-hybridized carbons (Fsp3) is 0.333. The second-order valence-corrected chi connectivity index (χ2v) is 5.74. The summed E-state index contributed by atoms with van der Waals surface area (Å²) in [5.41, 5.74) is 8.00. The summed E-state index contributed by atoms with van der Waals surface area (Å²) in [5, 5.41) is 0.582. The topological polar surface area (TPSA) is 64.2 Å². The van der Waals surface area contributed by atoms with Crippen molar-refractivity contribution in [3.63, 3.8) is 0 Å². The molecule has 1 amide bonds. The number of hydrogen-bond acceptors (Lipinski definition) is 3. The van der Waals surface area contributed by atoms with Gasteiger partial charge in [-0.2, -0.15) is 0 Å². The average Bonchev–Trinajstić information content (AvgIpc) is 2.78. The van der Waals surface area contributed by atoms with E-state index in [-0.39, 0.29) is 11.9 Å². The quantitative estimate of drug-likeness (QED) is 0.934. The molecule has 5 nitrogen and oxygen atoms in total. The maximum Gasteiger partial charge on any atom is 0.235 e. The van der Waals surface area contributed by atoms with Gasteiger partial charge in [0.15, 0.2) is 0 Å². The van der Waals surface area contributed by atoms with E-state index in [1.165, 1.54) is 11.1 Å². The van der Waals surface area contributed by atoms with Crippen LogP contribution in [0.1, 0.15) is 17.0 Å². The number of primary amides is 1. The van der Waals surface area contributed by atoms with E-state index in [0.29, 0.717) is 24.7 Å². The van der Waals surface area contributed by atoms with Gasteiger partial charge in [-0.15, -0.1) is 0 Å². The Bertz CT molecular complexity index is 682. The van der Waals surface area contributed by atoms with Crippen LogP contribution in [0.2, 0.25) is 5.15 Å². The molecule has 3 rings (SSSR count). The third kappa shape index (κ3) is 2.66. The summed E-state index contributed by atoms with van der Waals surface area (Å²) in [7, 11) is 1.86. The number of halogens is 1. The smallest absolute Gasteiger partial charge is 0.235 e. The molecule has 0 spiro atoms. The van der Waals surface area contributed by atoms with E-state index in [1.54, 1.807) is 6.20 Å². The largest absolute Gasteiger partial charge is 0.368 e. The van der Waals surface area contributed by atoms with Crippen molar-refractivity contribution in [3.8, 4) is 0 Å². The van der Waals surface area contributed by atoms with E-state index in [4.69, 9.17) is 17.3 Å². The van der Waals surface area contributed by atoms with Crippen LogP contribution in [0.15, 0.2) is 30.5 Å². The molecule has 0 bridgehead atoms. The number of benzene rings is 1. The van der Waals surface area contributed by atoms with E-state index in [1.807, 2.05) is 23.7 Å². The molecule has 2 aromatic rings. The first-order valence-electron chi connectivity index (χ1n) is 6.82. The number of amides is 1. The number of carbonyl (C=O) groups is 1. The maximum atomic E-state index is 11.8. The molecule has 0 unspecified atom stereocenters. The monoisotopic (exact) mass is 304 g/mol. The summed E-state index contributed by atoms with van der Waals surface area (Å²) < 4.78 is 1.82. The van der Waals surface area contributed by atoms with E-state index >= 15 is 0 Å². The van der Waals surface area contributed by atoms with E-state index in [9.17, 15) is 4.79 Å². The number of fused-ring (bicyclic) bond motifs is 1. The second kappa shape index (κ2) is 5.50. The highest BCUT2D eigenvalue weighted by molar-refractivity contribution is 6.29. The molecule has 0 fully saturated rings. The molecule has 0 saturated heterocycles. The van der Waals surface area contributed by atoms with Crippen molar-refractivity contribution < 1.29 is 4.79 Å². The van der Waals surface area contributed by atoms with Gasteiger partial charge in [0.1, 0.15) is 11.0 Å². The number of imidazole rings is 1. The third-order valence-corrected chi connectivity index (χ3v) is 4.40. The Morgan fingerprint density at radius 2 is 2.14 bits per heavy atom. The maximum absolute atomic E-state index is 11.8. The number of nitrogens with zero attached hydrogens (tertiary/aromatic N) is 3. The van der Waals surface area contributed by atoms with Crippen LogP contribution in [0.3, 0.4) is 0 Å². The molecule has 1 aromatic carbocycles. The number of hydrogen-bond donors (Lipinski definition) is 1. The van der Waals surface area contributed by atoms with Gasteiger partial charge in [-0.25, -0.2) is 4.98 Å². The second-order valence-electron chi connectivity index (χ2n) is 5.35. The molecule has 1 aliphatic rings. The molecule has 0 radical (unpaired) electrons. The SMILES string of the molecule is Cn1c(Cl)cnc1CN1Cc2ccccc2C[C@@H]1C(N)=O. The Kier molecular flexibility index (Phi) is 3.69. The van der Waals surface area contributed by atoms with E-state index in [0.717, 1.165) is 5.82 Å². The number of nitrogens with two attached hydrogens (primary N) is 1. The van der Waals surface area contributed by atoms with Crippen LogP contribution in [0, 0.1) is 0 Å². The summed E-state index contributed by atoms with van der Waals surface area (Å²) in [5.74, 6) is 0.524. The molecule has 1 aliphatic heterocycles. The highest BCUT2D eigenvalue weighted by Crippen LogP contribution is 2.25. The van der Waals surface area contributed by atoms with Gasteiger partial charge in [-0.1, -0.05) is 35.9 Å². The summed E-state index contributed by atoms with van der Waals surface area (Å²) in [6.07, 6.45) is 2.26. The molecule has 0 aliphatic carbocycles. The number of carbonyl (C=O) groups excluding carboxylic acids is 1. The molecular weight excluding hydrogens is 288 g/mol. The van der Waals surface area contributed by atoms with Crippen LogP contribution in [0.5, 0.6) is 0 Å². The molecule has 2 N–H and O–H groups in total. The van der Waals surface area contributed by atoms with Crippen molar-refractivity contribution in [3.05, 3.63) is 52.6 Å². The lowest BCUT2D eigenvalue weighted by Gasteiger charge is -2.34. The predicted octanol–water partition coefficient (Wildman–Crippen LogP) is 1.49. The summed E-state index contributed by atoms with van der Waals surface area (Å²) >= 11 is 6.02. The summed E-state index contributed by atoms with van der Waals surface area (Å²) in [6.45, 7) is 1.24. The van der Waals surface area contributed by atoms with Gasteiger partial charge in [0.25, 0.3) is 0 Å². The molecule has 6 heteroatoms. The fourth-order valence-electron chi connectivity index (χ4n) is 2.78. The van der Waals surface area contributed by atoms with Crippen molar-refractivity contribution >= 4 is 17.5 Å². The molecular formula is C15H17ClN4O. The number of rotatable bonds is 3. The standard InChI is InChI=1S/C15H17ClN4O/c1-19-13(16)7-18-14(19)9-20-8-11-5-3-2-4-10(11)6-12(20)15(17)21/h2-5,7,12H,6,8-9H2,1H3,(H2,17,21)/t12-/m1/s1. The first-order chi connectivity index (χ1) is 10.1. The van der Waals surface area contributed by atoms with Gasteiger partial charge in [0.05, 0.1) is 18.8 Å². The zero-order valence-corrected chi connectivity index (χ0v) is 12.5. The highest BCUT2D eigenvalue weighted by atomic mass is 35.5. The van der Waals surface area contributed by atoms with Gasteiger partial charge in [0, 0.05) is 13.6 Å². The van der Waals surface area contributed by atoms with E-state index < -0.39 is 0 Å². The lowest BCUT2D eigenvalue weighted by Crippen LogP contribution is -2.48. The Hall–Kier alpha value is -1.85. The number of aromatic nitrogens is 2. The molecule has 21 heavy (non-hydrogen) atoms. The van der Waals surface area contributed by atoms with E-state index in [2.05, 4.69) is 22.0 Å². The third-order valence-electron chi connectivity index (χ3n) is 4.05. The van der Waals surface area contributed by atoms with Crippen LogP contribution in [-0.2, 0) is 31.4 Å². The van der Waals surface area contributed by atoms with Gasteiger partial charge >= 0.3 is 0 Å². The fourth-order valence-corrected chi connectivity index (χ4v) is 2.92. The minimum atomic E-state index is -0.310. The zero-order chi connectivity index (χ0) is 15.0. The van der Waals surface area contributed by atoms with Gasteiger partial charge in [0.2, 0.25) is 5.91 Å². The Morgan fingerprint density at radius 3 is 2.76 bits per heavy atom. The van der Waals surface area contributed by atoms with Crippen LogP contribution in [0.25, 0.3) is 0 Å². The first-order valence-corrected chi connectivity index (χ1v) is 7.20. The lowest BCUT2D eigenvalue weighted by atomic mass is 9.93. The zero-order valence-electron chi connectivity index (χ0n) is 11.8. The normalized spacial score (nSPS) is 18.5. The van der Waals surface area contributed by atoms with Crippen LogP contribution in [-0.4, -0.2) is 26.4 Å². The van der Waals surface area contributed by atoms with Crippen LogP contribution < -0.4 is 5.73 Å². The predicted molar refractivity (Wildman–Crippen MR) is 80.6 cm³/mol. The highest BCUT2D eigenvalue weighted by Gasteiger charge is 2.30. The molecule has 2 heterocycles. The first kappa shape index (κ1) is 14.1. The lowest BCUT2D eigenvalue weighted by molar-refractivity contribution is -0.124. The van der Waals surface area contributed by atoms with Gasteiger partial charge in [-0.05, 0) is 17.5 Å². The minimum absolute atomic E-state index is 0.301. The van der Waals surface area contributed by atoms with Crippen LogP contribution >= 0.6 is 11.6 Å². The Morgan fingerprint density at radius 1 is 1.43 bits per heavy atom. The summed E-state index contributed by atoms with van der Waals surface area (Å²) in [6, 6.07) is 7.84. The molecule has 0 saturated carbocycles. The van der Waals surface area contributed by atoms with Gasteiger partial charge in [-0.3, -0.25) is 9.69 Å². The van der Waals surface area contributed by atoms with Crippen molar-refractivity contribution in [2.24, 2.45) is 12.8 Å². The van der Waals surface area contributed by atoms with Crippen molar-refractivity contribution in [1.29, 1.82) is 0 Å². The van der Waals surface area contributed by atoms with Crippen molar-refractivity contribution in [1.82, 2.24) is 14.5 Å². The average molecular weight is 305 g/mol. The molecule has 1 atom stereocenters.